The summed E-state index contributed by atoms with van der Waals surface area (Å²) < 4.78 is 0. The number of benzene rings is 6. The number of primary amides is 2. The molecule has 584 valence electrons. The van der Waals surface area contributed by atoms with Crippen LogP contribution in [0.15, 0.2) is 181 Å². The minimum absolute atomic E-state index is 0.0112. The molecule has 34 nitrogen and oxygen atoms in total. The van der Waals surface area contributed by atoms with Crippen LogP contribution in [-0.2, 0) is 101 Å². The van der Waals surface area contributed by atoms with E-state index in [4.69, 9.17) is 28.7 Å². The quantitative estimate of drug-likeness (QED) is 0.0184. The van der Waals surface area contributed by atoms with Crippen molar-refractivity contribution >= 4 is 82.8 Å². The van der Waals surface area contributed by atoms with Gasteiger partial charge in [-0.25, -0.2) is 9.78 Å². The number of phenolic OH excluding ortho intramolecular Hbond substituents is 2. The molecule has 0 aliphatic carbocycles. The van der Waals surface area contributed by atoms with Gasteiger partial charge in [0, 0.05) is 44.8 Å². The van der Waals surface area contributed by atoms with E-state index in [-0.39, 0.29) is 67.4 Å². The second kappa shape index (κ2) is 39.4. The average molecular weight is 1520 g/mol. The molecule has 34 heteroatoms. The monoisotopic (exact) mass is 1520 g/mol. The number of hydrogen-bond acceptors (Lipinski definition) is 18. The molecule has 1 aliphatic rings. The zero-order valence-corrected chi connectivity index (χ0v) is 60.7. The lowest BCUT2D eigenvalue weighted by atomic mass is 9.97. The Labute approximate surface area is 637 Å². The molecule has 8 rings (SSSR count). The number of aromatic nitrogens is 2. The third kappa shape index (κ3) is 24.5. The van der Waals surface area contributed by atoms with Crippen LogP contribution in [0.2, 0.25) is 0 Å². The first-order chi connectivity index (χ1) is 52.9. The van der Waals surface area contributed by atoms with Crippen LogP contribution in [0.25, 0.3) is 11.1 Å². The molecular weight excluding hydrogens is 1430 g/mol. The van der Waals surface area contributed by atoms with Crippen molar-refractivity contribution in [2.75, 3.05) is 6.54 Å². The van der Waals surface area contributed by atoms with Gasteiger partial charge in [0.15, 0.2) is 5.96 Å². The van der Waals surface area contributed by atoms with E-state index in [1.54, 1.807) is 72.8 Å². The van der Waals surface area contributed by atoms with Crippen molar-refractivity contribution in [3.63, 3.8) is 0 Å². The Morgan fingerprint density at radius 3 is 1.49 bits per heavy atom. The molecule has 1 aliphatic heterocycles. The fraction of sp³-hybridized carbons (Fsp3) is 0.312. The second-order valence-electron chi connectivity index (χ2n) is 26.8. The number of H-pyrrole nitrogens is 1. The number of amides is 12. The fourth-order valence-electron chi connectivity index (χ4n) is 12.3. The molecule has 0 spiro atoms. The fourth-order valence-corrected chi connectivity index (χ4v) is 12.3. The van der Waals surface area contributed by atoms with Gasteiger partial charge < -0.3 is 96.8 Å². The first kappa shape index (κ1) is 83.1. The van der Waals surface area contributed by atoms with E-state index >= 15 is 33.6 Å². The van der Waals surface area contributed by atoms with Crippen molar-refractivity contribution in [1.82, 2.24) is 62.7 Å². The first-order valence-electron chi connectivity index (χ1n) is 35.4. The predicted octanol–water partition coefficient (Wildman–Crippen LogP) is -1.60. The van der Waals surface area contributed by atoms with Gasteiger partial charge in [-0.2, -0.15) is 0 Å². The van der Waals surface area contributed by atoms with Gasteiger partial charge in [0.05, 0.1) is 30.9 Å². The molecule has 11 atom stereocenters. The standard InChI is InChI=1S/C77H90N18O16/c1-43-66(101)88-58(35-45-15-8-4-9-16-45)74(109)94-77(2,75(110)111)95(62(65(80)100)37-48-24-30-53(97)31-25-48)64(99)40-61(89-67(102)54(78)33-46-22-28-52(96)29-23-46)73(108)92-59(38-51-41-83-42-85-51)72(107)91-56(34-44-13-6-3-7-14-44)70(105)87-55(19-12-32-84-76(81)82)68(103)90-57(71(106)93-60(39-63(79)98)69(104)86-43)36-47-20-26-50(27-21-47)49-17-10-5-11-18-49/h3-11,13-18,20-31,41-43,54-62,96-97H,12,19,32-40,78H2,1-2H3,(H2,79,98)(H2,80,100)(H,83,85)(H,86,104)(H,87,105)(H,88,101)(H,89,102)(H,90,103)(H,91,107)(H,92,108)(H,93,106)(H,94,109)(H,110,111)(H4,81,82,84)/t43-,54-,55-,56+,57-,58-,59-,60-,61-,62-,77-/m0/s1. The SMILES string of the molecule is C[C@@H]1NC(=O)[C@H](CC(N)=O)NC(=O)[C@H](Cc2ccc(-c3ccccc3)cc2)NC(=O)[C@H](CCCN=C(N)N)NC(=O)[C@@H](Cc2ccccc2)NC(=O)[C@H](Cc2c[nH]cn2)NC(=O)[C@@H](NC(=O)[C@@H](N)Cc2ccc(O)cc2)CC(=O)N([C@@H](Cc2ccc(O)cc2)C(N)=O)[C@@](C)(C(=O)O)NC(=O)[C@H](Cc2ccccc2)NC1=O. The Bertz CT molecular complexity index is 4460. The number of nitrogens with two attached hydrogens (primary N) is 5. The second-order valence-corrected chi connectivity index (χ2v) is 26.8. The van der Waals surface area contributed by atoms with Gasteiger partial charge in [-0.05, 0) is 96.3 Å². The number of aliphatic imine (C=N–C) groups is 1. The highest BCUT2D eigenvalue weighted by molar-refractivity contribution is 6.02. The molecule has 0 saturated carbocycles. The maximum absolute atomic E-state index is 15.9. The van der Waals surface area contributed by atoms with Crippen molar-refractivity contribution in [3.8, 4) is 22.6 Å². The minimum Gasteiger partial charge on any atom is -0.508 e. The number of carboxylic acids is 1. The Morgan fingerprint density at radius 1 is 0.541 bits per heavy atom. The van der Waals surface area contributed by atoms with E-state index in [1.807, 2.05) is 30.3 Å². The van der Waals surface area contributed by atoms with Gasteiger partial charge >= 0.3 is 5.97 Å². The number of nitrogens with one attached hydrogen (secondary N) is 10. The van der Waals surface area contributed by atoms with Crippen LogP contribution in [0.4, 0.5) is 0 Å². The van der Waals surface area contributed by atoms with Gasteiger partial charge in [0.1, 0.15) is 65.9 Å². The summed E-state index contributed by atoms with van der Waals surface area (Å²) in [5, 5.41) is 54.6. The number of aromatic amines is 1. The molecule has 2 heterocycles. The molecule has 111 heavy (non-hydrogen) atoms. The Balaban J connectivity index is 1.29. The lowest BCUT2D eigenvalue weighted by Gasteiger charge is -2.43. The average Bonchev–Trinajstić information content (AvgIpc) is 1.56. The van der Waals surface area contributed by atoms with Crippen molar-refractivity contribution in [3.05, 3.63) is 210 Å². The molecule has 23 N–H and O–H groups in total. The number of carbonyl (C=O) groups is 13. The van der Waals surface area contributed by atoms with E-state index in [0.717, 1.165) is 25.0 Å². The normalized spacial score (nSPS) is 21.4. The molecule has 6 aromatic carbocycles. The molecule has 1 aromatic heterocycles. The van der Waals surface area contributed by atoms with Crippen molar-refractivity contribution < 1.29 is 77.6 Å². The number of nitrogens with zero attached hydrogens (tertiary/aromatic N) is 3. The molecule has 0 unspecified atom stereocenters. The number of guanidine groups is 1. The number of phenols is 2. The third-order valence-corrected chi connectivity index (χ3v) is 18.2. The van der Waals surface area contributed by atoms with Crippen LogP contribution in [0.1, 0.15) is 73.0 Å². The molecule has 1 fully saturated rings. The zero-order valence-electron chi connectivity index (χ0n) is 60.7. The lowest BCUT2D eigenvalue weighted by Crippen LogP contribution is -2.72. The van der Waals surface area contributed by atoms with Crippen LogP contribution in [0, 0.1) is 0 Å². The van der Waals surface area contributed by atoms with E-state index < -0.39 is 175 Å². The summed E-state index contributed by atoms with van der Waals surface area (Å²) in [4.78, 5) is 204. The van der Waals surface area contributed by atoms with Gasteiger partial charge in [0.2, 0.25) is 76.5 Å². The largest absolute Gasteiger partial charge is 0.508 e. The van der Waals surface area contributed by atoms with Crippen LogP contribution >= 0.6 is 0 Å². The van der Waals surface area contributed by atoms with Crippen molar-refractivity contribution in [2.45, 2.75) is 144 Å². The zero-order chi connectivity index (χ0) is 80.5. The number of hydrogen-bond donors (Lipinski definition) is 18. The molecule has 7 aromatic rings. The Kier molecular flexibility index (Phi) is 29.5. The smallest absolute Gasteiger partial charge is 0.350 e. The molecule has 0 bridgehead atoms. The van der Waals surface area contributed by atoms with E-state index in [2.05, 4.69) is 62.8 Å². The van der Waals surface area contributed by atoms with Crippen LogP contribution in [-0.4, -0.2) is 186 Å². The van der Waals surface area contributed by atoms with E-state index in [1.165, 1.54) is 73.2 Å². The van der Waals surface area contributed by atoms with Crippen LogP contribution in [0.3, 0.4) is 0 Å². The molecular formula is C77H90N18O16. The Morgan fingerprint density at radius 2 is 0.982 bits per heavy atom. The number of aliphatic carboxylic acids is 1. The van der Waals surface area contributed by atoms with Gasteiger partial charge in [0.25, 0.3) is 0 Å². The molecule has 0 radical (unpaired) electrons. The van der Waals surface area contributed by atoms with Crippen LogP contribution < -0.4 is 76.5 Å². The molecule has 1 saturated heterocycles. The summed E-state index contributed by atoms with van der Waals surface area (Å²) in [7, 11) is 0. The number of aromatic hydroxyl groups is 2. The maximum Gasteiger partial charge on any atom is 0.350 e. The minimum atomic E-state index is -3.20. The van der Waals surface area contributed by atoms with E-state index in [0.29, 0.717) is 27.2 Å². The summed E-state index contributed by atoms with van der Waals surface area (Å²) in [6.45, 7) is 1.84. The summed E-state index contributed by atoms with van der Waals surface area (Å²) in [5.74, 6) is -17.4. The number of carbonyl (C=O) groups excluding carboxylic acids is 12. The van der Waals surface area contributed by atoms with Gasteiger partial charge in [-0.1, -0.05) is 140 Å². The first-order valence-corrected chi connectivity index (χ1v) is 35.4. The van der Waals surface area contributed by atoms with Gasteiger partial charge in [-0.3, -0.25) is 67.4 Å². The number of imidazole rings is 1. The maximum atomic E-state index is 15.9. The van der Waals surface area contributed by atoms with Crippen molar-refractivity contribution in [2.24, 2.45) is 33.7 Å². The number of carboxylic acid groups (broad SMARTS) is 1. The number of rotatable bonds is 24. The predicted molar refractivity (Wildman–Crippen MR) is 403 cm³/mol. The highest BCUT2D eigenvalue weighted by Crippen LogP contribution is 2.26. The topological polar surface area (TPSA) is 565 Å². The van der Waals surface area contributed by atoms with Crippen molar-refractivity contribution in [1.29, 1.82) is 0 Å². The third-order valence-electron chi connectivity index (χ3n) is 18.2. The summed E-state index contributed by atoms with van der Waals surface area (Å²) in [5.41, 5.74) is 30.0. The highest BCUT2D eigenvalue weighted by Gasteiger charge is 2.51. The van der Waals surface area contributed by atoms with Gasteiger partial charge in [-0.15, -0.1) is 0 Å². The highest BCUT2D eigenvalue weighted by atomic mass is 16.4. The van der Waals surface area contributed by atoms with E-state index in [9.17, 15) is 44.1 Å². The lowest BCUT2D eigenvalue weighted by molar-refractivity contribution is -0.168. The summed E-state index contributed by atoms with van der Waals surface area (Å²) >= 11 is 0. The Hall–Kier alpha value is -13.5. The summed E-state index contributed by atoms with van der Waals surface area (Å²) in [6, 6.07) is 24.4. The van der Waals surface area contributed by atoms with Crippen LogP contribution in [0.5, 0.6) is 11.5 Å². The molecule has 12 amide bonds. The summed E-state index contributed by atoms with van der Waals surface area (Å²) in [6.07, 6.45) is -2.50.